The standard InChI is InChI=1S/C17H18N2O2/c1-11(20)19-9-12(8-18)16-13-6-4-5-7-15(13)21-10-14(16)17(19,2)3/h4-7,9,14,16H,10H2,1-3H3/t14-,16+/m1/s1. The quantitative estimate of drug-likeness (QED) is 0.735. The molecule has 2 atom stereocenters. The molecule has 4 heteroatoms. The molecule has 0 spiro atoms. The zero-order valence-corrected chi connectivity index (χ0v) is 12.5. The largest absolute Gasteiger partial charge is 0.493 e. The van der Waals surface area contributed by atoms with E-state index in [9.17, 15) is 10.1 Å². The van der Waals surface area contributed by atoms with Gasteiger partial charge < -0.3 is 9.64 Å². The number of hydrogen-bond donors (Lipinski definition) is 0. The van der Waals surface area contributed by atoms with Crippen molar-refractivity contribution in [2.75, 3.05) is 6.61 Å². The summed E-state index contributed by atoms with van der Waals surface area (Å²) in [5.41, 5.74) is 1.28. The number of benzene rings is 1. The Hall–Kier alpha value is -2.28. The number of nitrogens with zero attached hydrogens (tertiary/aromatic N) is 2. The summed E-state index contributed by atoms with van der Waals surface area (Å²) in [6.45, 7) is 6.12. The first kappa shape index (κ1) is 13.7. The van der Waals surface area contributed by atoms with Gasteiger partial charge in [0.1, 0.15) is 5.75 Å². The highest BCUT2D eigenvalue weighted by Gasteiger charge is 2.49. The van der Waals surface area contributed by atoms with E-state index in [1.165, 1.54) is 6.92 Å². The molecule has 0 aliphatic carbocycles. The van der Waals surface area contributed by atoms with E-state index in [-0.39, 0.29) is 23.3 Å². The van der Waals surface area contributed by atoms with Gasteiger partial charge in [-0.25, -0.2) is 0 Å². The number of amides is 1. The number of ether oxygens (including phenoxy) is 1. The van der Waals surface area contributed by atoms with Crippen LogP contribution in [0.25, 0.3) is 0 Å². The Balaban J connectivity index is 2.19. The van der Waals surface area contributed by atoms with Crippen LogP contribution in [-0.4, -0.2) is 23.0 Å². The van der Waals surface area contributed by atoms with Crippen LogP contribution in [0.3, 0.4) is 0 Å². The summed E-state index contributed by atoms with van der Waals surface area (Å²) in [5, 5.41) is 9.53. The highest BCUT2D eigenvalue weighted by atomic mass is 16.5. The van der Waals surface area contributed by atoms with Crippen molar-refractivity contribution < 1.29 is 9.53 Å². The molecule has 0 fully saturated rings. The fourth-order valence-corrected chi connectivity index (χ4v) is 3.52. The maximum atomic E-state index is 11.9. The molecule has 1 amide bonds. The molecule has 108 valence electrons. The van der Waals surface area contributed by atoms with Gasteiger partial charge in [0.05, 0.1) is 18.2 Å². The van der Waals surface area contributed by atoms with Gasteiger partial charge in [0.15, 0.2) is 0 Å². The molecule has 0 bridgehead atoms. The summed E-state index contributed by atoms with van der Waals surface area (Å²) in [5.74, 6) is 0.846. The lowest BCUT2D eigenvalue weighted by Crippen LogP contribution is -2.56. The maximum absolute atomic E-state index is 11.9. The van der Waals surface area contributed by atoms with Gasteiger partial charge in [-0.2, -0.15) is 5.26 Å². The zero-order chi connectivity index (χ0) is 15.2. The Bertz CT molecular complexity index is 670. The van der Waals surface area contributed by atoms with E-state index in [2.05, 4.69) is 6.07 Å². The number of fused-ring (bicyclic) bond motifs is 3. The van der Waals surface area contributed by atoms with Crippen LogP contribution >= 0.6 is 0 Å². The van der Waals surface area contributed by atoms with Crippen molar-refractivity contribution in [1.82, 2.24) is 4.90 Å². The molecule has 21 heavy (non-hydrogen) atoms. The van der Waals surface area contributed by atoms with E-state index in [1.807, 2.05) is 38.1 Å². The number of rotatable bonds is 0. The van der Waals surface area contributed by atoms with Gasteiger partial charge in [-0.15, -0.1) is 0 Å². The van der Waals surface area contributed by atoms with Crippen molar-refractivity contribution in [3.8, 4) is 11.8 Å². The van der Waals surface area contributed by atoms with Crippen molar-refractivity contribution in [2.45, 2.75) is 32.2 Å². The molecule has 0 saturated heterocycles. The summed E-state index contributed by atoms with van der Waals surface area (Å²) in [6.07, 6.45) is 1.71. The molecule has 4 nitrogen and oxygen atoms in total. The molecule has 2 aliphatic rings. The Morgan fingerprint density at radius 2 is 2.14 bits per heavy atom. The third kappa shape index (κ3) is 1.92. The second-order valence-electron chi connectivity index (χ2n) is 6.17. The van der Waals surface area contributed by atoms with Gasteiger partial charge in [0, 0.05) is 36.1 Å². The lowest BCUT2D eigenvalue weighted by Gasteiger charge is -2.50. The first-order valence-electron chi connectivity index (χ1n) is 7.10. The first-order valence-corrected chi connectivity index (χ1v) is 7.10. The second kappa shape index (κ2) is 4.63. The lowest BCUT2D eigenvalue weighted by molar-refractivity contribution is -0.133. The fourth-order valence-electron chi connectivity index (χ4n) is 3.52. The summed E-state index contributed by atoms with van der Waals surface area (Å²) < 4.78 is 5.87. The van der Waals surface area contributed by atoms with Crippen LogP contribution < -0.4 is 4.74 Å². The van der Waals surface area contributed by atoms with Gasteiger partial charge in [-0.05, 0) is 19.9 Å². The van der Waals surface area contributed by atoms with Crippen LogP contribution in [0.15, 0.2) is 36.0 Å². The van der Waals surface area contributed by atoms with Crippen LogP contribution in [0.2, 0.25) is 0 Å². The molecule has 2 heterocycles. The minimum absolute atomic E-state index is 0.00875. The van der Waals surface area contributed by atoms with Crippen LogP contribution in [0.1, 0.15) is 32.3 Å². The number of carbonyl (C=O) groups is 1. The molecule has 2 aliphatic heterocycles. The topological polar surface area (TPSA) is 53.3 Å². The molecule has 1 aromatic carbocycles. The highest BCUT2D eigenvalue weighted by molar-refractivity contribution is 5.76. The number of carbonyl (C=O) groups excluding carboxylic acids is 1. The number of allylic oxidation sites excluding steroid dienone is 1. The smallest absolute Gasteiger partial charge is 0.223 e. The average molecular weight is 282 g/mol. The Morgan fingerprint density at radius 3 is 2.81 bits per heavy atom. The fraction of sp³-hybridized carbons (Fsp3) is 0.412. The molecule has 0 unspecified atom stereocenters. The van der Waals surface area contributed by atoms with Gasteiger partial charge >= 0.3 is 0 Å². The van der Waals surface area contributed by atoms with E-state index in [0.717, 1.165) is 11.3 Å². The molecule has 0 N–H and O–H groups in total. The van der Waals surface area contributed by atoms with Crippen molar-refractivity contribution in [3.05, 3.63) is 41.6 Å². The minimum atomic E-state index is -0.385. The Morgan fingerprint density at radius 1 is 1.43 bits per heavy atom. The number of nitriles is 1. The summed E-state index contributed by atoms with van der Waals surface area (Å²) in [7, 11) is 0. The van der Waals surface area contributed by atoms with E-state index in [0.29, 0.717) is 12.2 Å². The maximum Gasteiger partial charge on any atom is 0.223 e. The predicted octanol–water partition coefficient (Wildman–Crippen LogP) is 2.83. The average Bonchev–Trinajstić information content (AvgIpc) is 2.46. The van der Waals surface area contributed by atoms with Crippen molar-refractivity contribution in [2.24, 2.45) is 5.92 Å². The van der Waals surface area contributed by atoms with Gasteiger partial charge in [0.25, 0.3) is 0 Å². The number of hydrogen-bond acceptors (Lipinski definition) is 3. The third-order valence-electron chi connectivity index (χ3n) is 4.67. The van der Waals surface area contributed by atoms with Gasteiger partial charge in [0.2, 0.25) is 5.91 Å². The van der Waals surface area contributed by atoms with Crippen LogP contribution in [-0.2, 0) is 4.79 Å². The van der Waals surface area contributed by atoms with E-state index in [4.69, 9.17) is 4.74 Å². The molecular formula is C17H18N2O2. The minimum Gasteiger partial charge on any atom is -0.493 e. The lowest BCUT2D eigenvalue weighted by atomic mass is 9.68. The second-order valence-corrected chi connectivity index (χ2v) is 6.17. The third-order valence-corrected chi connectivity index (χ3v) is 4.67. The molecule has 3 rings (SSSR count). The molecule has 0 radical (unpaired) electrons. The SMILES string of the molecule is CC(=O)N1C=C(C#N)[C@H]2c3ccccc3OC[C@H]2C1(C)C. The summed E-state index contributed by atoms with van der Waals surface area (Å²) in [4.78, 5) is 13.6. The molecule has 1 aromatic rings. The van der Waals surface area contributed by atoms with Crippen molar-refractivity contribution >= 4 is 5.91 Å². The highest BCUT2D eigenvalue weighted by Crippen LogP contribution is 2.49. The van der Waals surface area contributed by atoms with Crippen LogP contribution in [0, 0.1) is 17.2 Å². The zero-order valence-electron chi connectivity index (χ0n) is 12.5. The Kier molecular flexibility index (Phi) is 3.02. The van der Waals surface area contributed by atoms with Crippen LogP contribution in [0.5, 0.6) is 5.75 Å². The summed E-state index contributed by atoms with van der Waals surface area (Å²) >= 11 is 0. The Labute approximate surface area is 124 Å². The van der Waals surface area contributed by atoms with Crippen LogP contribution in [0.4, 0.5) is 0 Å². The monoisotopic (exact) mass is 282 g/mol. The predicted molar refractivity (Wildman–Crippen MR) is 78.5 cm³/mol. The first-order chi connectivity index (χ1) is 9.96. The van der Waals surface area contributed by atoms with Gasteiger partial charge in [-0.1, -0.05) is 18.2 Å². The molecular weight excluding hydrogens is 264 g/mol. The van der Waals surface area contributed by atoms with Crippen molar-refractivity contribution in [3.63, 3.8) is 0 Å². The molecule has 0 aromatic heterocycles. The summed E-state index contributed by atoms with van der Waals surface area (Å²) in [6, 6.07) is 10.1. The van der Waals surface area contributed by atoms with Crippen molar-refractivity contribution in [1.29, 1.82) is 5.26 Å². The molecule has 0 saturated carbocycles. The normalized spacial score (nSPS) is 25.8. The number of para-hydroxylation sites is 1. The van der Waals surface area contributed by atoms with Gasteiger partial charge in [-0.3, -0.25) is 4.79 Å². The van der Waals surface area contributed by atoms with E-state index < -0.39 is 0 Å². The van der Waals surface area contributed by atoms with E-state index in [1.54, 1.807) is 11.1 Å². The van der Waals surface area contributed by atoms with E-state index >= 15 is 0 Å².